The maximum absolute atomic E-state index is 5.32. The number of nitrogens with zero attached hydrogens (tertiary/aromatic N) is 1. The van der Waals surface area contributed by atoms with Crippen LogP contribution in [0.4, 0.5) is 0 Å². The highest BCUT2D eigenvalue weighted by Crippen LogP contribution is 2.23. The van der Waals surface area contributed by atoms with Crippen LogP contribution >= 0.6 is 22.6 Å². The molecule has 0 fully saturated rings. The van der Waals surface area contributed by atoms with Crippen molar-refractivity contribution < 1.29 is 4.42 Å². The standard InChI is InChI=1S/C10H7INO/c1-7-6-12-10(13-7)8-4-2-3-5-9(8)11/h2-6H,1H2. The third-order valence-corrected chi connectivity index (χ3v) is 2.60. The first kappa shape index (κ1) is 8.74. The Kier molecular flexibility index (Phi) is 2.35. The van der Waals surface area contributed by atoms with E-state index in [1.165, 1.54) is 0 Å². The van der Waals surface area contributed by atoms with Crippen molar-refractivity contribution in [2.45, 2.75) is 0 Å². The fraction of sp³-hybridized carbons (Fsp3) is 0. The van der Waals surface area contributed by atoms with Crippen molar-refractivity contribution in [1.29, 1.82) is 0 Å². The molecule has 0 atom stereocenters. The van der Waals surface area contributed by atoms with E-state index in [0.717, 1.165) is 9.13 Å². The molecule has 0 aliphatic rings. The molecular weight excluding hydrogens is 277 g/mol. The Morgan fingerprint density at radius 1 is 1.31 bits per heavy atom. The summed E-state index contributed by atoms with van der Waals surface area (Å²) in [4.78, 5) is 4.11. The summed E-state index contributed by atoms with van der Waals surface area (Å²) in [6, 6.07) is 7.94. The lowest BCUT2D eigenvalue weighted by molar-refractivity contribution is 0.556. The highest BCUT2D eigenvalue weighted by Gasteiger charge is 2.06. The minimum absolute atomic E-state index is 0.592. The molecule has 0 saturated heterocycles. The number of hydrogen-bond donors (Lipinski definition) is 0. The molecule has 0 amide bonds. The van der Waals surface area contributed by atoms with Crippen molar-refractivity contribution in [2.24, 2.45) is 0 Å². The molecule has 65 valence electrons. The van der Waals surface area contributed by atoms with Crippen LogP contribution in [0.3, 0.4) is 0 Å². The van der Waals surface area contributed by atoms with Gasteiger partial charge in [0.25, 0.3) is 0 Å². The molecule has 1 aromatic carbocycles. The normalized spacial score (nSPS) is 10.3. The van der Waals surface area contributed by atoms with Crippen LogP contribution in [0, 0.1) is 10.5 Å². The van der Waals surface area contributed by atoms with Crippen molar-refractivity contribution in [3.8, 4) is 11.5 Å². The molecule has 0 spiro atoms. The number of oxazole rings is 1. The molecule has 1 heterocycles. The Labute approximate surface area is 90.1 Å². The Morgan fingerprint density at radius 3 is 2.69 bits per heavy atom. The molecule has 2 aromatic rings. The SMILES string of the molecule is [CH2]c1cnc(-c2ccccc2I)o1. The van der Waals surface area contributed by atoms with Crippen LogP contribution in [0.1, 0.15) is 5.76 Å². The van der Waals surface area contributed by atoms with Gasteiger partial charge in [-0.2, -0.15) is 0 Å². The van der Waals surface area contributed by atoms with E-state index in [0.29, 0.717) is 11.7 Å². The van der Waals surface area contributed by atoms with Gasteiger partial charge in [-0.05, 0) is 34.7 Å². The summed E-state index contributed by atoms with van der Waals surface area (Å²) in [5, 5.41) is 0. The quantitative estimate of drug-likeness (QED) is 0.752. The van der Waals surface area contributed by atoms with E-state index in [2.05, 4.69) is 34.5 Å². The second-order valence-corrected chi connectivity index (χ2v) is 3.77. The summed E-state index contributed by atoms with van der Waals surface area (Å²) in [5.74, 6) is 1.23. The fourth-order valence-electron chi connectivity index (χ4n) is 1.07. The Balaban J connectivity index is 2.52. The Morgan fingerprint density at radius 2 is 2.08 bits per heavy atom. The first-order valence-electron chi connectivity index (χ1n) is 3.80. The van der Waals surface area contributed by atoms with E-state index >= 15 is 0 Å². The van der Waals surface area contributed by atoms with Crippen LogP contribution in [0.15, 0.2) is 34.9 Å². The highest BCUT2D eigenvalue weighted by molar-refractivity contribution is 14.1. The van der Waals surface area contributed by atoms with Gasteiger partial charge in [-0.3, -0.25) is 0 Å². The minimum Gasteiger partial charge on any atom is -0.441 e. The summed E-state index contributed by atoms with van der Waals surface area (Å²) < 4.78 is 6.45. The smallest absolute Gasteiger partial charge is 0.227 e. The van der Waals surface area contributed by atoms with Crippen molar-refractivity contribution in [1.82, 2.24) is 4.98 Å². The largest absolute Gasteiger partial charge is 0.441 e. The molecule has 1 radical (unpaired) electrons. The lowest BCUT2D eigenvalue weighted by atomic mass is 10.2. The van der Waals surface area contributed by atoms with Crippen molar-refractivity contribution in [3.63, 3.8) is 0 Å². The average molecular weight is 284 g/mol. The molecule has 2 rings (SSSR count). The van der Waals surface area contributed by atoms with Gasteiger partial charge in [-0.25, -0.2) is 4.98 Å². The van der Waals surface area contributed by atoms with Gasteiger partial charge in [0.1, 0.15) is 5.76 Å². The van der Waals surface area contributed by atoms with Gasteiger partial charge in [0.05, 0.1) is 11.8 Å². The lowest BCUT2D eigenvalue weighted by Crippen LogP contribution is -1.80. The predicted octanol–water partition coefficient (Wildman–Crippen LogP) is 3.13. The summed E-state index contributed by atoms with van der Waals surface area (Å²) in [6.07, 6.45) is 1.62. The molecule has 0 saturated carbocycles. The second-order valence-electron chi connectivity index (χ2n) is 2.61. The van der Waals surface area contributed by atoms with Crippen LogP contribution in [0.2, 0.25) is 0 Å². The van der Waals surface area contributed by atoms with E-state index in [-0.39, 0.29) is 0 Å². The van der Waals surface area contributed by atoms with E-state index in [4.69, 9.17) is 4.42 Å². The van der Waals surface area contributed by atoms with Crippen molar-refractivity contribution in [2.75, 3.05) is 0 Å². The third-order valence-electron chi connectivity index (χ3n) is 1.66. The molecule has 0 N–H and O–H groups in total. The summed E-state index contributed by atoms with van der Waals surface area (Å²) in [6.45, 7) is 3.66. The van der Waals surface area contributed by atoms with Crippen LogP contribution in [-0.4, -0.2) is 4.98 Å². The number of hydrogen-bond acceptors (Lipinski definition) is 2. The highest BCUT2D eigenvalue weighted by atomic mass is 127. The van der Waals surface area contributed by atoms with Gasteiger partial charge >= 0.3 is 0 Å². The van der Waals surface area contributed by atoms with Crippen molar-refractivity contribution >= 4 is 22.6 Å². The Hall–Kier alpha value is -0.840. The van der Waals surface area contributed by atoms with Gasteiger partial charge in [0.2, 0.25) is 5.89 Å². The van der Waals surface area contributed by atoms with Crippen LogP contribution in [0.5, 0.6) is 0 Å². The summed E-state index contributed by atoms with van der Waals surface area (Å²) >= 11 is 2.25. The van der Waals surface area contributed by atoms with Gasteiger partial charge in [-0.1, -0.05) is 12.1 Å². The monoisotopic (exact) mass is 284 g/mol. The van der Waals surface area contributed by atoms with E-state index in [1.54, 1.807) is 6.20 Å². The van der Waals surface area contributed by atoms with Gasteiger partial charge in [0, 0.05) is 10.5 Å². The van der Waals surface area contributed by atoms with E-state index in [1.807, 2.05) is 24.3 Å². The molecule has 2 nitrogen and oxygen atoms in total. The first-order chi connectivity index (χ1) is 6.27. The van der Waals surface area contributed by atoms with Gasteiger partial charge in [0.15, 0.2) is 0 Å². The maximum Gasteiger partial charge on any atom is 0.227 e. The van der Waals surface area contributed by atoms with E-state index in [9.17, 15) is 0 Å². The molecule has 0 unspecified atom stereocenters. The molecule has 0 aliphatic heterocycles. The van der Waals surface area contributed by atoms with Crippen LogP contribution in [-0.2, 0) is 0 Å². The van der Waals surface area contributed by atoms with Crippen LogP contribution < -0.4 is 0 Å². The topological polar surface area (TPSA) is 26.0 Å². The zero-order valence-electron chi connectivity index (χ0n) is 6.83. The summed E-state index contributed by atoms with van der Waals surface area (Å²) in [7, 11) is 0. The van der Waals surface area contributed by atoms with Crippen LogP contribution in [0.25, 0.3) is 11.5 Å². The third kappa shape index (κ3) is 1.75. The lowest BCUT2D eigenvalue weighted by Gasteiger charge is -1.97. The molecule has 0 aliphatic carbocycles. The zero-order chi connectivity index (χ0) is 9.26. The Bertz CT molecular complexity index is 422. The second kappa shape index (κ2) is 3.49. The fourth-order valence-corrected chi connectivity index (χ4v) is 1.68. The zero-order valence-corrected chi connectivity index (χ0v) is 8.98. The molecular formula is C10H7INO. The number of aromatic nitrogens is 1. The first-order valence-corrected chi connectivity index (χ1v) is 4.88. The average Bonchev–Trinajstić information content (AvgIpc) is 2.53. The predicted molar refractivity (Wildman–Crippen MR) is 59.1 cm³/mol. The van der Waals surface area contributed by atoms with E-state index < -0.39 is 0 Å². The number of benzene rings is 1. The molecule has 3 heteroatoms. The molecule has 13 heavy (non-hydrogen) atoms. The van der Waals surface area contributed by atoms with Gasteiger partial charge in [-0.15, -0.1) is 0 Å². The number of halogens is 1. The summed E-state index contributed by atoms with van der Waals surface area (Å²) in [5.41, 5.74) is 1.01. The molecule has 0 bridgehead atoms. The number of rotatable bonds is 1. The maximum atomic E-state index is 5.32. The molecule has 1 aromatic heterocycles. The van der Waals surface area contributed by atoms with Gasteiger partial charge < -0.3 is 4.42 Å². The minimum atomic E-state index is 0.592. The van der Waals surface area contributed by atoms with Crippen molar-refractivity contribution in [3.05, 3.63) is 46.7 Å².